The van der Waals surface area contributed by atoms with Crippen LogP contribution in [-0.2, 0) is 11.3 Å². The van der Waals surface area contributed by atoms with Crippen LogP contribution in [0.1, 0.15) is 18.4 Å². The van der Waals surface area contributed by atoms with Crippen molar-refractivity contribution >= 4 is 16.7 Å². The van der Waals surface area contributed by atoms with Crippen molar-refractivity contribution in [1.82, 2.24) is 4.90 Å². The van der Waals surface area contributed by atoms with E-state index in [-0.39, 0.29) is 5.92 Å². The Balaban J connectivity index is 1.81. The van der Waals surface area contributed by atoms with E-state index in [4.69, 9.17) is 9.47 Å². The fourth-order valence-electron chi connectivity index (χ4n) is 3.38. The van der Waals surface area contributed by atoms with Crippen molar-refractivity contribution in [2.24, 2.45) is 5.92 Å². The first-order valence-electron chi connectivity index (χ1n) is 8.20. The quantitative estimate of drug-likeness (QED) is 0.913. The van der Waals surface area contributed by atoms with Crippen LogP contribution >= 0.6 is 0 Å². The molecule has 0 aromatic heterocycles. The third-order valence-corrected chi connectivity index (χ3v) is 4.67. The number of hydrogen-bond donors (Lipinski definition) is 1. The molecule has 128 valence electrons. The SMILES string of the molecule is COc1cc2ccc(CN3CCC[C@H](C(=O)O)C3)cc2cc1OC. The number of carboxylic acid groups (broad SMARTS) is 1. The lowest BCUT2D eigenvalue weighted by atomic mass is 9.97. The fourth-order valence-corrected chi connectivity index (χ4v) is 3.38. The van der Waals surface area contributed by atoms with E-state index in [9.17, 15) is 9.90 Å². The summed E-state index contributed by atoms with van der Waals surface area (Å²) in [5.74, 6) is 0.503. The van der Waals surface area contributed by atoms with E-state index in [1.165, 1.54) is 5.56 Å². The summed E-state index contributed by atoms with van der Waals surface area (Å²) >= 11 is 0. The zero-order valence-corrected chi connectivity index (χ0v) is 14.1. The van der Waals surface area contributed by atoms with Crippen LogP contribution in [0.5, 0.6) is 11.5 Å². The zero-order chi connectivity index (χ0) is 17.1. The van der Waals surface area contributed by atoms with Gasteiger partial charge in [0.2, 0.25) is 0 Å². The van der Waals surface area contributed by atoms with Gasteiger partial charge in [-0.15, -0.1) is 0 Å². The van der Waals surface area contributed by atoms with Crippen molar-refractivity contribution in [2.45, 2.75) is 19.4 Å². The molecule has 0 unspecified atom stereocenters. The number of hydrogen-bond acceptors (Lipinski definition) is 4. The minimum atomic E-state index is -0.685. The predicted octanol–water partition coefficient (Wildman–Crippen LogP) is 3.15. The second-order valence-electron chi connectivity index (χ2n) is 6.30. The van der Waals surface area contributed by atoms with E-state index in [0.29, 0.717) is 12.3 Å². The zero-order valence-electron chi connectivity index (χ0n) is 14.1. The number of fused-ring (bicyclic) bond motifs is 1. The molecule has 2 aromatic rings. The van der Waals surface area contributed by atoms with Crippen molar-refractivity contribution in [2.75, 3.05) is 27.3 Å². The molecule has 5 nitrogen and oxygen atoms in total. The molecule has 1 atom stereocenters. The van der Waals surface area contributed by atoms with E-state index in [1.807, 2.05) is 12.1 Å². The van der Waals surface area contributed by atoms with Crippen LogP contribution in [0.2, 0.25) is 0 Å². The molecule has 0 saturated carbocycles. The van der Waals surface area contributed by atoms with Crippen LogP contribution in [-0.4, -0.2) is 43.3 Å². The maximum Gasteiger partial charge on any atom is 0.307 e. The first-order chi connectivity index (χ1) is 11.6. The number of aliphatic carboxylic acids is 1. The van der Waals surface area contributed by atoms with Crippen molar-refractivity contribution in [1.29, 1.82) is 0 Å². The molecule has 1 heterocycles. The van der Waals surface area contributed by atoms with Crippen LogP contribution in [0.15, 0.2) is 30.3 Å². The smallest absolute Gasteiger partial charge is 0.307 e. The van der Waals surface area contributed by atoms with Crippen molar-refractivity contribution in [3.05, 3.63) is 35.9 Å². The topological polar surface area (TPSA) is 59.0 Å². The highest BCUT2D eigenvalue weighted by atomic mass is 16.5. The van der Waals surface area contributed by atoms with Gasteiger partial charge in [-0.3, -0.25) is 9.69 Å². The van der Waals surface area contributed by atoms with Crippen molar-refractivity contribution in [3.63, 3.8) is 0 Å². The molecule has 0 radical (unpaired) electrons. The molecule has 1 fully saturated rings. The Labute approximate surface area is 141 Å². The third-order valence-electron chi connectivity index (χ3n) is 4.67. The van der Waals surface area contributed by atoms with Gasteiger partial charge < -0.3 is 14.6 Å². The monoisotopic (exact) mass is 329 g/mol. The second kappa shape index (κ2) is 7.09. The van der Waals surface area contributed by atoms with Crippen LogP contribution in [0.4, 0.5) is 0 Å². The lowest BCUT2D eigenvalue weighted by molar-refractivity contribution is -0.143. The number of carboxylic acids is 1. The van der Waals surface area contributed by atoms with Gasteiger partial charge in [-0.25, -0.2) is 0 Å². The summed E-state index contributed by atoms with van der Waals surface area (Å²) in [6, 6.07) is 10.3. The Morgan fingerprint density at radius 1 is 1.17 bits per heavy atom. The average molecular weight is 329 g/mol. The van der Waals surface area contributed by atoms with Gasteiger partial charge in [0.25, 0.3) is 0 Å². The molecule has 0 spiro atoms. The van der Waals surface area contributed by atoms with Crippen LogP contribution in [0, 0.1) is 5.92 Å². The summed E-state index contributed by atoms with van der Waals surface area (Å²) in [5, 5.41) is 11.4. The number of benzene rings is 2. The lowest BCUT2D eigenvalue weighted by Crippen LogP contribution is -2.38. The molecule has 3 rings (SSSR count). The first kappa shape index (κ1) is 16.6. The van der Waals surface area contributed by atoms with Gasteiger partial charge in [-0.2, -0.15) is 0 Å². The predicted molar refractivity (Wildman–Crippen MR) is 92.7 cm³/mol. The van der Waals surface area contributed by atoms with E-state index >= 15 is 0 Å². The summed E-state index contributed by atoms with van der Waals surface area (Å²) < 4.78 is 10.7. The van der Waals surface area contributed by atoms with Gasteiger partial charge in [-0.05, 0) is 53.9 Å². The molecule has 1 saturated heterocycles. The molecular weight excluding hydrogens is 306 g/mol. The van der Waals surface area contributed by atoms with Crippen LogP contribution in [0.25, 0.3) is 10.8 Å². The van der Waals surface area contributed by atoms with E-state index in [1.54, 1.807) is 14.2 Å². The number of carbonyl (C=O) groups is 1. The molecule has 24 heavy (non-hydrogen) atoms. The Morgan fingerprint density at radius 2 is 1.88 bits per heavy atom. The molecule has 1 N–H and O–H groups in total. The molecule has 1 aliphatic rings. The summed E-state index contributed by atoms with van der Waals surface area (Å²) in [6.45, 7) is 2.35. The van der Waals surface area contributed by atoms with Crippen LogP contribution in [0.3, 0.4) is 0 Å². The normalized spacial score (nSPS) is 18.5. The Kier molecular flexibility index (Phi) is 4.90. The third kappa shape index (κ3) is 3.46. The minimum absolute atomic E-state index is 0.247. The number of methoxy groups -OCH3 is 2. The highest BCUT2D eigenvalue weighted by Gasteiger charge is 2.25. The molecule has 5 heteroatoms. The number of likely N-dealkylation sites (tertiary alicyclic amines) is 1. The van der Waals surface area contributed by atoms with E-state index in [2.05, 4.69) is 23.1 Å². The lowest BCUT2D eigenvalue weighted by Gasteiger charge is -2.30. The average Bonchev–Trinajstić information content (AvgIpc) is 2.60. The number of ether oxygens (including phenoxy) is 2. The number of nitrogens with zero attached hydrogens (tertiary/aromatic N) is 1. The number of piperidine rings is 1. The molecule has 0 bridgehead atoms. The van der Waals surface area contributed by atoms with Crippen molar-refractivity contribution < 1.29 is 19.4 Å². The van der Waals surface area contributed by atoms with Gasteiger partial charge in [0.1, 0.15) is 0 Å². The highest BCUT2D eigenvalue weighted by molar-refractivity contribution is 5.86. The molecule has 1 aliphatic heterocycles. The van der Waals surface area contributed by atoms with Crippen molar-refractivity contribution in [3.8, 4) is 11.5 Å². The Hall–Kier alpha value is -2.27. The number of rotatable bonds is 5. The molecule has 2 aromatic carbocycles. The standard InChI is InChI=1S/C19H23NO4/c1-23-17-9-14-6-5-13(8-16(14)10-18(17)24-2)11-20-7-3-4-15(12-20)19(21)22/h5-6,8-10,15H,3-4,7,11-12H2,1-2H3,(H,21,22)/t15-/m0/s1. The van der Waals surface area contributed by atoms with Gasteiger partial charge in [0, 0.05) is 13.1 Å². The second-order valence-corrected chi connectivity index (χ2v) is 6.30. The van der Waals surface area contributed by atoms with Crippen LogP contribution < -0.4 is 9.47 Å². The highest BCUT2D eigenvalue weighted by Crippen LogP contribution is 2.32. The van der Waals surface area contributed by atoms with E-state index < -0.39 is 5.97 Å². The Bertz CT molecular complexity index is 743. The molecule has 0 aliphatic carbocycles. The van der Waals surface area contributed by atoms with Gasteiger partial charge >= 0.3 is 5.97 Å². The molecular formula is C19H23NO4. The minimum Gasteiger partial charge on any atom is -0.493 e. The molecule has 0 amide bonds. The van der Waals surface area contributed by atoms with Gasteiger partial charge in [0.05, 0.1) is 20.1 Å². The largest absolute Gasteiger partial charge is 0.493 e. The van der Waals surface area contributed by atoms with E-state index in [0.717, 1.165) is 42.5 Å². The van der Waals surface area contributed by atoms with Gasteiger partial charge in [0.15, 0.2) is 11.5 Å². The van der Waals surface area contributed by atoms with Gasteiger partial charge in [-0.1, -0.05) is 12.1 Å². The maximum absolute atomic E-state index is 11.2. The first-order valence-corrected chi connectivity index (χ1v) is 8.20. The summed E-state index contributed by atoms with van der Waals surface area (Å²) in [4.78, 5) is 13.4. The fraction of sp³-hybridized carbons (Fsp3) is 0.421. The summed E-state index contributed by atoms with van der Waals surface area (Å²) in [7, 11) is 3.26. The maximum atomic E-state index is 11.2. The summed E-state index contributed by atoms with van der Waals surface area (Å²) in [6.07, 6.45) is 1.72. The Morgan fingerprint density at radius 3 is 2.54 bits per heavy atom. The summed E-state index contributed by atoms with van der Waals surface area (Å²) in [5.41, 5.74) is 1.18.